The normalized spacial score (nSPS) is 17.3. The maximum Gasteiger partial charge on any atom is 0.226 e. The number of amides is 1. The minimum Gasteiger partial charge on any atom is -0.496 e. The van der Waals surface area contributed by atoms with E-state index < -0.39 is 0 Å². The number of ether oxygens (including phenoxy) is 1. The second-order valence-electron chi connectivity index (χ2n) is 7.20. The monoisotopic (exact) mass is 371 g/mol. The predicted octanol–water partition coefficient (Wildman–Crippen LogP) is 3.23. The number of carbonyl (C=O) groups is 1. The standard InChI is InChI=1S/C21H29N3O3/c1-6-22-20(25)16-9-10-24(11-16)12-18-15(4)27-21(23-18)17-7-8-19(26-5)14(3)13(17)2/h7-8,16H,6,9-12H2,1-5H3,(H,22,25)/t16-/m1/s1. The van der Waals surface area contributed by atoms with E-state index in [0.717, 1.165) is 53.4 Å². The number of rotatable bonds is 6. The zero-order chi connectivity index (χ0) is 19.6. The molecule has 146 valence electrons. The molecule has 1 aromatic carbocycles. The number of oxazole rings is 1. The quantitative estimate of drug-likeness (QED) is 0.844. The SMILES string of the molecule is CCNC(=O)[C@@H]1CCN(Cc2nc(-c3ccc(OC)c(C)c3C)oc2C)C1. The average molecular weight is 371 g/mol. The summed E-state index contributed by atoms with van der Waals surface area (Å²) < 4.78 is 11.4. The van der Waals surface area contributed by atoms with E-state index in [1.807, 2.05) is 32.9 Å². The van der Waals surface area contributed by atoms with Crippen molar-refractivity contribution in [3.63, 3.8) is 0 Å². The molecule has 1 amide bonds. The van der Waals surface area contributed by atoms with Gasteiger partial charge in [-0.25, -0.2) is 4.98 Å². The highest BCUT2D eigenvalue weighted by molar-refractivity contribution is 5.79. The molecule has 1 N–H and O–H groups in total. The Morgan fingerprint density at radius 2 is 2.11 bits per heavy atom. The molecule has 6 heteroatoms. The summed E-state index contributed by atoms with van der Waals surface area (Å²) in [5.41, 5.74) is 4.13. The summed E-state index contributed by atoms with van der Waals surface area (Å²) in [5.74, 6) is 2.57. The van der Waals surface area contributed by atoms with Gasteiger partial charge in [0.1, 0.15) is 11.5 Å². The van der Waals surface area contributed by atoms with Gasteiger partial charge in [0, 0.05) is 25.2 Å². The Morgan fingerprint density at radius 3 is 2.81 bits per heavy atom. The lowest BCUT2D eigenvalue weighted by Gasteiger charge is -2.14. The van der Waals surface area contributed by atoms with Crippen molar-refractivity contribution in [1.29, 1.82) is 0 Å². The van der Waals surface area contributed by atoms with E-state index in [9.17, 15) is 4.79 Å². The van der Waals surface area contributed by atoms with Crippen LogP contribution in [0.4, 0.5) is 0 Å². The first-order chi connectivity index (χ1) is 12.9. The summed E-state index contributed by atoms with van der Waals surface area (Å²) in [7, 11) is 1.68. The van der Waals surface area contributed by atoms with Gasteiger partial charge in [-0.1, -0.05) is 0 Å². The molecule has 0 spiro atoms. The summed E-state index contributed by atoms with van der Waals surface area (Å²) in [5, 5.41) is 2.92. The van der Waals surface area contributed by atoms with E-state index in [-0.39, 0.29) is 11.8 Å². The van der Waals surface area contributed by atoms with Crippen molar-refractivity contribution in [2.75, 3.05) is 26.7 Å². The fourth-order valence-corrected chi connectivity index (χ4v) is 3.66. The van der Waals surface area contributed by atoms with Crippen molar-refractivity contribution in [1.82, 2.24) is 15.2 Å². The van der Waals surface area contributed by atoms with Crippen LogP contribution in [0.2, 0.25) is 0 Å². The number of methoxy groups -OCH3 is 1. The third-order valence-corrected chi connectivity index (χ3v) is 5.45. The van der Waals surface area contributed by atoms with Crippen LogP contribution >= 0.6 is 0 Å². The third-order valence-electron chi connectivity index (χ3n) is 5.45. The molecule has 3 rings (SSSR count). The number of carbonyl (C=O) groups excluding carboxylic acids is 1. The molecule has 1 aromatic heterocycles. The molecule has 2 aromatic rings. The van der Waals surface area contributed by atoms with Gasteiger partial charge in [0.15, 0.2) is 0 Å². The molecular weight excluding hydrogens is 342 g/mol. The van der Waals surface area contributed by atoms with Crippen molar-refractivity contribution in [2.45, 2.75) is 40.7 Å². The van der Waals surface area contributed by atoms with Crippen LogP contribution in [0.3, 0.4) is 0 Å². The van der Waals surface area contributed by atoms with Gasteiger partial charge in [0.2, 0.25) is 11.8 Å². The van der Waals surface area contributed by atoms with E-state index >= 15 is 0 Å². The topological polar surface area (TPSA) is 67.6 Å². The molecule has 0 saturated carbocycles. The molecule has 1 aliphatic rings. The predicted molar refractivity (Wildman–Crippen MR) is 105 cm³/mol. The van der Waals surface area contributed by atoms with E-state index in [4.69, 9.17) is 14.1 Å². The molecule has 2 heterocycles. The Hall–Kier alpha value is -2.34. The van der Waals surface area contributed by atoms with Crippen molar-refractivity contribution < 1.29 is 13.9 Å². The van der Waals surface area contributed by atoms with Gasteiger partial charge >= 0.3 is 0 Å². The largest absolute Gasteiger partial charge is 0.496 e. The van der Waals surface area contributed by atoms with E-state index in [2.05, 4.69) is 17.1 Å². The van der Waals surface area contributed by atoms with Crippen LogP contribution in [0.5, 0.6) is 5.75 Å². The summed E-state index contributed by atoms with van der Waals surface area (Å²) in [4.78, 5) is 19.1. The molecular formula is C21H29N3O3. The second kappa shape index (κ2) is 8.13. The van der Waals surface area contributed by atoms with Crippen LogP contribution in [-0.2, 0) is 11.3 Å². The molecule has 0 aliphatic carbocycles. The smallest absolute Gasteiger partial charge is 0.226 e. The lowest BCUT2D eigenvalue weighted by Crippen LogP contribution is -2.32. The Bertz CT molecular complexity index is 828. The van der Waals surface area contributed by atoms with Crippen LogP contribution in [0.1, 0.15) is 35.9 Å². The maximum absolute atomic E-state index is 12.0. The van der Waals surface area contributed by atoms with Gasteiger partial charge in [-0.15, -0.1) is 0 Å². The number of likely N-dealkylation sites (tertiary alicyclic amines) is 1. The van der Waals surface area contributed by atoms with Gasteiger partial charge in [-0.05, 0) is 63.9 Å². The lowest BCUT2D eigenvalue weighted by molar-refractivity contribution is -0.124. The Kier molecular flexibility index (Phi) is 5.85. The lowest BCUT2D eigenvalue weighted by atomic mass is 10.0. The number of nitrogens with one attached hydrogen (secondary N) is 1. The summed E-state index contributed by atoms with van der Waals surface area (Å²) in [6.07, 6.45) is 0.895. The molecule has 1 saturated heterocycles. The number of benzene rings is 1. The van der Waals surface area contributed by atoms with Gasteiger partial charge in [-0.2, -0.15) is 0 Å². The van der Waals surface area contributed by atoms with Gasteiger partial charge in [0.25, 0.3) is 0 Å². The molecule has 1 aliphatic heterocycles. The second-order valence-corrected chi connectivity index (χ2v) is 7.20. The number of aryl methyl sites for hydroxylation is 1. The summed E-state index contributed by atoms with van der Waals surface area (Å²) in [6.45, 7) is 11.1. The molecule has 0 bridgehead atoms. The van der Waals surface area contributed by atoms with Gasteiger partial charge < -0.3 is 14.5 Å². The molecule has 1 atom stereocenters. The fourth-order valence-electron chi connectivity index (χ4n) is 3.66. The Morgan fingerprint density at radius 1 is 1.33 bits per heavy atom. The first kappa shape index (κ1) is 19.4. The van der Waals surface area contributed by atoms with Crippen molar-refractivity contribution in [3.05, 3.63) is 34.7 Å². The first-order valence-electron chi connectivity index (χ1n) is 9.55. The molecule has 0 unspecified atom stereocenters. The van der Waals surface area contributed by atoms with Gasteiger partial charge in [-0.3, -0.25) is 9.69 Å². The number of hydrogen-bond acceptors (Lipinski definition) is 5. The minimum absolute atomic E-state index is 0.0723. The Labute approximate surface area is 160 Å². The highest BCUT2D eigenvalue weighted by Crippen LogP contribution is 2.32. The molecule has 1 fully saturated rings. The van der Waals surface area contributed by atoms with E-state index in [0.29, 0.717) is 19.0 Å². The fraction of sp³-hybridized carbons (Fsp3) is 0.524. The van der Waals surface area contributed by atoms with Crippen LogP contribution in [0.15, 0.2) is 16.5 Å². The van der Waals surface area contributed by atoms with Crippen molar-refractivity contribution in [2.24, 2.45) is 5.92 Å². The van der Waals surface area contributed by atoms with Crippen LogP contribution in [0, 0.1) is 26.7 Å². The van der Waals surface area contributed by atoms with Crippen LogP contribution < -0.4 is 10.1 Å². The number of hydrogen-bond donors (Lipinski definition) is 1. The third kappa shape index (κ3) is 4.00. The number of aromatic nitrogens is 1. The van der Waals surface area contributed by atoms with Crippen LogP contribution in [-0.4, -0.2) is 42.5 Å². The highest BCUT2D eigenvalue weighted by atomic mass is 16.5. The number of nitrogens with zero attached hydrogens (tertiary/aromatic N) is 2. The summed E-state index contributed by atoms with van der Waals surface area (Å²) in [6, 6.07) is 3.95. The van der Waals surface area contributed by atoms with E-state index in [1.54, 1.807) is 7.11 Å². The summed E-state index contributed by atoms with van der Waals surface area (Å²) >= 11 is 0. The molecule has 0 radical (unpaired) electrons. The van der Waals surface area contributed by atoms with Crippen LogP contribution in [0.25, 0.3) is 11.5 Å². The molecule has 6 nitrogen and oxygen atoms in total. The van der Waals surface area contributed by atoms with E-state index in [1.165, 1.54) is 0 Å². The maximum atomic E-state index is 12.0. The first-order valence-corrected chi connectivity index (χ1v) is 9.55. The Balaban J connectivity index is 1.74. The highest BCUT2D eigenvalue weighted by Gasteiger charge is 2.29. The molecule has 27 heavy (non-hydrogen) atoms. The zero-order valence-electron chi connectivity index (χ0n) is 16.9. The van der Waals surface area contributed by atoms with Crippen molar-refractivity contribution in [3.8, 4) is 17.2 Å². The van der Waals surface area contributed by atoms with Gasteiger partial charge in [0.05, 0.1) is 18.7 Å². The minimum atomic E-state index is 0.0723. The zero-order valence-corrected chi connectivity index (χ0v) is 16.9. The van der Waals surface area contributed by atoms with Crippen molar-refractivity contribution >= 4 is 5.91 Å². The average Bonchev–Trinajstić information content (AvgIpc) is 3.25.